The molecule has 0 radical (unpaired) electrons. The molecule has 1 saturated heterocycles. The van der Waals surface area contributed by atoms with Crippen LogP contribution >= 0.6 is 15.9 Å². The van der Waals surface area contributed by atoms with Crippen LogP contribution in [0.2, 0.25) is 0 Å². The Morgan fingerprint density at radius 3 is 2.50 bits per heavy atom. The average molecular weight is 358 g/mol. The Morgan fingerprint density at radius 1 is 1.35 bits per heavy atom. The second-order valence-corrected chi connectivity index (χ2v) is 7.54. The molecule has 1 heterocycles. The number of rotatable bonds is 3. The number of hydrogen-bond acceptors (Lipinski definition) is 4. The van der Waals surface area contributed by atoms with Gasteiger partial charge in [-0.3, -0.25) is 0 Å². The van der Waals surface area contributed by atoms with E-state index in [9.17, 15) is 13.7 Å². The molecule has 0 spiro atoms. The molecule has 0 aromatic heterocycles. The molecule has 1 aliphatic rings. The van der Waals surface area contributed by atoms with E-state index in [2.05, 4.69) is 31.6 Å². The van der Waals surface area contributed by atoms with Crippen molar-refractivity contribution in [2.24, 2.45) is 0 Å². The fraction of sp³-hybridized carbons (Fsp3) is 0.462. The Labute approximate surface area is 127 Å². The maximum atomic E-state index is 12.5. The fourth-order valence-electron chi connectivity index (χ4n) is 2.21. The van der Waals surface area contributed by atoms with E-state index >= 15 is 0 Å². The second kappa shape index (κ2) is 5.82. The molecule has 0 aliphatic carbocycles. The molecule has 20 heavy (non-hydrogen) atoms. The summed E-state index contributed by atoms with van der Waals surface area (Å²) in [5.41, 5.74) is -1.01. The first-order valence-corrected chi connectivity index (χ1v) is 8.54. The summed E-state index contributed by atoms with van der Waals surface area (Å²) in [6.07, 6.45) is 0.980. The number of benzene rings is 1. The van der Waals surface area contributed by atoms with Crippen molar-refractivity contribution in [3.05, 3.63) is 28.7 Å². The van der Waals surface area contributed by atoms with Crippen LogP contribution in [-0.4, -0.2) is 39.0 Å². The number of hydrogen-bond donors (Lipinski definition) is 1. The van der Waals surface area contributed by atoms with Gasteiger partial charge in [0.2, 0.25) is 10.0 Å². The van der Waals surface area contributed by atoms with Crippen LogP contribution in [-0.2, 0) is 10.0 Å². The monoisotopic (exact) mass is 357 g/mol. The lowest BCUT2D eigenvalue weighted by Crippen LogP contribution is -2.53. The normalized spacial score (nSPS) is 19.4. The molecular weight excluding hydrogens is 342 g/mol. The van der Waals surface area contributed by atoms with Gasteiger partial charge in [-0.05, 0) is 48.0 Å². The lowest BCUT2D eigenvalue weighted by atomic mass is 9.91. The molecule has 5 nitrogen and oxygen atoms in total. The molecule has 1 N–H and O–H groups in total. The van der Waals surface area contributed by atoms with Crippen molar-refractivity contribution >= 4 is 26.0 Å². The van der Waals surface area contributed by atoms with E-state index in [4.69, 9.17) is 0 Å². The van der Waals surface area contributed by atoms with E-state index in [-0.39, 0.29) is 4.90 Å². The third-order valence-corrected chi connectivity index (χ3v) is 6.06. The molecule has 1 fully saturated rings. The lowest BCUT2D eigenvalue weighted by Gasteiger charge is -2.35. The number of likely N-dealkylation sites (tertiary alicyclic amines) is 1. The lowest BCUT2D eigenvalue weighted by molar-refractivity contribution is 0.213. The third kappa shape index (κ3) is 3.20. The van der Waals surface area contributed by atoms with Crippen LogP contribution in [0.1, 0.15) is 12.8 Å². The highest BCUT2D eigenvalue weighted by Gasteiger charge is 2.38. The van der Waals surface area contributed by atoms with Crippen molar-refractivity contribution in [1.82, 2.24) is 9.62 Å². The Balaban J connectivity index is 2.28. The molecular formula is C13H16BrN3O2S. The molecule has 1 aliphatic heterocycles. The van der Waals surface area contributed by atoms with Gasteiger partial charge in [0, 0.05) is 17.6 Å². The number of nitriles is 1. The van der Waals surface area contributed by atoms with E-state index in [0.29, 0.717) is 30.4 Å². The first kappa shape index (κ1) is 15.4. The minimum absolute atomic E-state index is 0.161. The summed E-state index contributed by atoms with van der Waals surface area (Å²) in [5, 5.41) is 9.40. The molecule has 1 aromatic rings. The Morgan fingerprint density at radius 2 is 1.95 bits per heavy atom. The largest absolute Gasteiger partial charge is 0.306 e. The number of nitrogens with zero attached hydrogens (tertiary/aromatic N) is 2. The third-order valence-electron chi connectivity index (χ3n) is 3.51. The van der Waals surface area contributed by atoms with Gasteiger partial charge in [0.1, 0.15) is 5.54 Å². The average Bonchev–Trinajstić information content (AvgIpc) is 2.42. The number of sulfonamides is 1. The van der Waals surface area contributed by atoms with Crippen molar-refractivity contribution < 1.29 is 8.42 Å². The second-order valence-electron chi connectivity index (χ2n) is 5.03. The molecule has 2 rings (SSSR count). The van der Waals surface area contributed by atoms with Gasteiger partial charge >= 0.3 is 0 Å². The van der Waals surface area contributed by atoms with E-state index in [1.165, 1.54) is 6.07 Å². The van der Waals surface area contributed by atoms with Crippen LogP contribution in [0.25, 0.3) is 0 Å². The minimum atomic E-state index is -3.72. The SMILES string of the molecule is CN1CCC(C#N)(NS(=O)(=O)c2ccccc2Br)CC1. The highest BCUT2D eigenvalue weighted by Crippen LogP contribution is 2.26. The van der Waals surface area contributed by atoms with Gasteiger partial charge in [0.25, 0.3) is 0 Å². The zero-order chi connectivity index (χ0) is 14.8. The first-order valence-electron chi connectivity index (χ1n) is 6.27. The van der Waals surface area contributed by atoms with Crippen LogP contribution in [0, 0.1) is 11.3 Å². The Bertz CT molecular complexity index is 631. The van der Waals surface area contributed by atoms with Gasteiger partial charge in [-0.15, -0.1) is 0 Å². The van der Waals surface area contributed by atoms with Crippen LogP contribution in [0.15, 0.2) is 33.6 Å². The molecule has 0 unspecified atom stereocenters. The summed E-state index contributed by atoms with van der Waals surface area (Å²) < 4.78 is 28.0. The minimum Gasteiger partial charge on any atom is -0.306 e. The molecule has 108 valence electrons. The highest BCUT2D eigenvalue weighted by atomic mass is 79.9. The zero-order valence-corrected chi connectivity index (χ0v) is 13.5. The van der Waals surface area contributed by atoms with Crippen LogP contribution in [0.3, 0.4) is 0 Å². The summed E-state index contributed by atoms with van der Waals surface area (Å²) in [6.45, 7) is 1.40. The van der Waals surface area contributed by atoms with Crippen LogP contribution < -0.4 is 4.72 Å². The van der Waals surface area contributed by atoms with Crippen LogP contribution in [0.5, 0.6) is 0 Å². The van der Waals surface area contributed by atoms with E-state index in [1.807, 2.05) is 7.05 Å². The van der Waals surface area contributed by atoms with Gasteiger partial charge in [-0.1, -0.05) is 12.1 Å². The molecule has 0 saturated carbocycles. The van der Waals surface area contributed by atoms with Crippen molar-refractivity contribution in [3.8, 4) is 6.07 Å². The fourth-order valence-corrected chi connectivity index (χ4v) is 4.59. The maximum absolute atomic E-state index is 12.5. The van der Waals surface area contributed by atoms with Gasteiger partial charge in [-0.25, -0.2) is 8.42 Å². The molecule has 0 amide bonds. The highest BCUT2D eigenvalue weighted by molar-refractivity contribution is 9.10. The van der Waals surface area contributed by atoms with Crippen LogP contribution in [0.4, 0.5) is 0 Å². The molecule has 0 bridgehead atoms. The topological polar surface area (TPSA) is 73.2 Å². The van der Waals surface area contributed by atoms with Crippen molar-refractivity contribution in [2.45, 2.75) is 23.3 Å². The van der Waals surface area contributed by atoms with Gasteiger partial charge in [0.15, 0.2) is 0 Å². The predicted molar refractivity (Wildman–Crippen MR) is 79.5 cm³/mol. The summed E-state index contributed by atoms with van der Waals surface area (Å²) in [5.74, 6) is 0. The summed E-state index contributed by atoms with van der Waals surface area (Å²) in [6, 6.07) is 8.75. The van der Waals surface area contributed by atoms with E-state index in [1.54, 1.807) is 18.2 Å². The first-order chi connectivity index (χ1) is 9.38. The predicted octanol–water partition coefficient (Wildman–Crippen LogP) is 1.72. The summed E-state index contributed by atoms with van der Waals surface area (Å²) in [4.78, 5) is 2.25. The van der Waals surface area contributed by atoms with Crippen molar-refractivity contribution in [3.63, 3.8) is 0 Å². The molecule has 7 heteroatoms. The Hall–Kier alpha value is -0.940. The van der Waals surface area contributed by atoms with Gasteiger partial charge in [-0.2, -0.15) is 9.98 Å². The van der Waals surface area contributed by atoms with Gasteiger partial charge < -0.3 is 4.90 Å². The summed E-state index contributed by atoms with van der Waals surface area (Å²) in [7, 11) is -1.75. The van der Waals surface area contributed by atoms with Gasteiger partial charge in [0.05, 0.1) is 11.0 Å². The maximum Gasteiger partial charge on any atom is 0.243 e. The Kier molecular flexibility index (Phi) is 4.49. The standard InChI is InChI=1S/C13H16BrN3O2S/c1-17-8-6-13(10-15,7-9-17)16-20(18,19)12-5-3-2-4-11(12)14/h2-5,16H,6-9H2,1H3. The number of halogens is 1. The van der Waals surface area contributed by atoms with Crippen molar-refractivity contribution in [2.75, 3.05) is 20.1 Å². The number of piperidine rings is 1. The molecule has 1 aromatic carbocycles. The van der Waals surface area contributed by atoms with E-state index < -0.39 is 15.6 Å². The van der Waals surface area contributed by atoms with Crippen molar-refractivity contribution in [1.29, 1.82) is 5.26 Å². The smallest absolute Gasteiger partial charge is 0.243 e. The molecule has 0 atom stereocenters. The quantitative estimate of drug-likeness (QED) is 0.893. The van der Waals surface area contributed by atoms with E-state index in [0.717, 1.165) is 0 Å². The summed E-state index contributed by atoms with van der Waals surface area (Å²) >= 11 is 3.24. The number of nitrogens with one attached hydrogen (secondary N) is 1. The zero-order valence-electron chi connectivity index (χ0n) is 11.1.